The summed E-state index contributed by atoms with van der Waals surface area (Å²) in [5, 5.41) is 3.09. The maximum Gasteiger partial charge on any atom is 0.260 e. The monoisotopic (exact) mass is 261 g/mol. The van der Waals surface area contributed by atoms with Crippen molar-refractivity contribution in [1.29, 1.82) is 0 Å². The fraction of sp³-hybridized carbons (Fsp3) is 0.562. The zero-order valence-electron chi connectivity index (χ0n) is 11.8. The van der Waals surface area contributed by atoms with Crippen LogP contribution < -0.4 is 10.1 Å². The Bertz CT molecular complexity index is 425. The van der Waals surface area contributed by atoms with Gasteiger partial charge in [-0.05, 0) is 38.3 Å². The van der Waals surface area contributed by atoms with E-state index in [2.05, 4.69) is 5.32 Å². The minimum absolute atomic E-state index is 0.00449. The van der Waals surface area contributed by atoms with Gasteiger partial charge in [0.2, 0.25) is 0 Å². The number of para-hydroxylation sites is 1. The lowest BCUT2D eigenvalue weighted by molar-refractivity contribution is -0.128. The van der Waals surface area contributed by atoms with Gasteiger partial charge in [-0.3, -0.25) is 4.79 Å². The van der Waals surface area contributed by atoms with E-state index in [1.807, 2.05) is 38.1 Å². The summed E-state index contributed by atoms with van der Waals surface area (Å²) in [7, 11) is 0. The average molecular weight is 261 g/mol. The van der Waals surface area contributed by atoms with Gasteiger partial charge in [-0.2, -0.15) is 0 Å². The average Bonchev–Trinajstić information content (AvgIpc) is 2.42. The van der Waals surface area contributed by atoms with Crippen molar-refractivity contribution in [3.63, 3.8) is 0 Å². The number of carbonyl (C=O) groups is 1. The zero-order valence-corrected chi connectivity index (χ0v) is 11.8. The highest BCUT2D eigenvalue weighted by Crippen LogP contribution is 2.19. The molecule has 3 heteroatoms. The predicted molar refractivity (Wildman–Crippen MR) is 76.3 cm³/mol. The largest absolute Gasteiger partial charge is 0.481 e. The van der Waals surface area contributed by atoms with Crippen molar-refractivity contribution in [2.75, 3.05) is 0 Å². The van der Waals surface area contributed by atoms with E-state index in [1.54, 1.807) is 0 Å². The number of hydrogen-bond acceptors (Lipinski definition) is 2. The van der Waals surface area contributed by atoms with Gasteiger partial charge in [0.25, 0.3) is 5.91 Å². The fourth-order valence-corrected chi connectivity index (χ4v) is 2.50. The van der Waals surface area contributed by atoms with Crippen LogP contribution in [0, 0.1) is 6.92 Å². The first-order valence-corrected chi connectivity index (χ1v) is 7.19. The summed E-state index contributed by atoms with van der Waals surface area (Å²) in [6.45, 7) is 3.80. The molecule has 2 rings (SSSR count). The van der Waals surface area contributed by atoms with Crippen LogP contribution in [0.3, 0.4) is 0 Å². The molecule has 0 bridgehead atoms. The quantitative estimate of drug-likeness (QED) is 0.903. The third kappa shape index (κ3) is 3.98. The van der Waals surface area contributed by atoms with Gasteiger partial charge in [-0.25, -0.2) is 0 Å². The third-order valence-electron chi connectivity index (χ3n) is 3.72. The molecule has 1 amide bonds. The van der Waals surface area contributed by atoms with Gasteiger partial charge in [0.15, 0.2) is 6.10 Å². The van der Waals surface area contributed by atoms with E-state index in [9.17, 15) is 4.79 Å². The molecule has 0 spiro atoms. The lowest BCUT2D eigenvalue weighted by atomic mass is 9.95. The summed E-state index contributed by atoms with van der Waals surface area (Å²) in [5.41, 5.74) is 1.06. The van der Waals surface area contributed by atoms with Crippen molar-refractivity contribution in [1.82, 2.24) is 5.32 Å². The minimum Gasteiger partial charge on any atom is -0.481 e. The van der Waals surface area contributed by atoms with Gasteiger partial charge in [0.05, 0.1) is 0 Å². The molecule has 1 atom stereocenters. The van der Waals surface area contributed by atoms with Crippen LogP contribution >= 0.6 is 0 Å². The summed E-state index contributed by atoms with van der Waals surface area (Å²) >= 11 is 0. The molecule has 0 unspecified atom stereocenters. The standard InChI is InChI=1S/C16H23NO2/c1-12-8-6-7-11-15(12)19-13(2)16(18)17-14-9-4-3-5-10-14/h6-8,11,13-14H,3-5,9-10H2,1-2H3,(H,17,18)/t13-/m0/s1. The number of carbonyl (C=O) groups excluding carboxylic acids is 1. The predicted octanol–water partition coefficient (Wildman–Crippen LogP) is 3.21. The molecule has 3 nitrogen and oxygen atoms in total. The Kier molecular flexibility index (Phi) is 4.83. The summed E-state index contributed by atoms with van der Waals surface area (Å²) in [6, 6.07) is 8.12. The first kappa shape index (κ1) is 13.9. The molecule has 0 aromatic heterocycles. The Balaban J connectivity index is 1.87. The second-order valence-corrected chi connectivity index (χ2v) is 5.37. The lowest BCUT2D eigenvalue weighted by Gasteiger charge is -2.25. The van der Waals surface area contributed by atoms with Crippen LogP contribution in [0.5, 0.6) is 5.75 Å². The maximum absolute atomic E-state index is 12.1. The van der Waals surface area contributed by atoms with Crippen molar-refractivity contribution >= 4 is 5.91 Å². The van der Waals surface area contributed by atoms with Crippen LogP contribution in [-0.4, -0.2) is 18.1 Å². The van der Waals surface area contributed by atoms with Gasteiger partial charge in [0.1, 0.15) is 5.75 Å². The summed E-state index contributed by atoms with van der Waals surface area (Å²) in [6.07, 6.45) is 5.49. The Labute approximate surface area is 115 Å². The molecule has 19 heavy (non-hydrogen) atoms. The number of ether oxygens (including phenoxy) is 1. The molecule has 0 aliphatic heterocycles. The Hall–Kier alpha value is -1.51. The first-order chi connectivity index (χ1) is 9.16. The van der Waals surface area contributed by atoms with Crippen LogP contribution in [0.1, 0.15) is 44.6 Å². The number of amides is 1. The topological polar surface area (TPSA) is 38.3 Å². The molecule has 104 valence electrons. The SMILES string of the molecule is Cc1ccccc1O[C@@H](C)C(=O)NC1CCCCC1. The molecule has 0 saturated heterocycles. The molecule has 1 aliphatic rings. The molecular weight excluding hydrogens is 238 g/mol. The van der Waals surface area contributed by atoms with E-state index < -0.39 is 6.10 Å². The molecule has 0 heterocycles. The van der Waals surface area contributed by atoms with E-state index in [0.717, 1.165) is 24.2 Å². The highest BCUT2D eigenvalue weighted by Gasteiger charge is 2.20. The number of aryl methyl sites for hydroxylation is 1. The lowest BCUT2D eigenvalue weighted by Crippen LogP contribution is -2.43. The van der Waals surface area contributed by atoms with E-state index in [0.29, 0.717) is 6.04 Å². The van der Waals surface area contributed by atoms with Crippen LogP contribution in [0.15, 0.2) is 24.3 Å². The Morgan fingerprint density at radius 2 is 1.95 bits per heavy atom. The van der Waals surface area contributed by atoms with Crippen molar-refractivity contribution in [3.8, 4) is 5.75 Å². The van der Waals surface area contributed by atoms with E-state index >= 15 is 0 Å². The molecule has 0 radical (unpaired) electrons. The zero-order chi connectivity index (χ0) is 13.7. The van der Waals surface area contributed by atoms with Crippen molar-refractivity contribution in [2.24, 2.45) is 0 Å². The smallest absolute Gasteiger partial charge is 0.260 e. The number of hydrogen-bond donors (Lipinski definition) is 1. The van der Waals surface area contributed by atoms with Gasteiger partial charge in [-0.1, -0.05) is 37.5 Å². The van der Waals surface area contributed by atoms with E-state index in [-0.39, 0.29) is 5.91 Å². The summed E-state index contributed by atoms with van der Waals surface area (Å²) < 4.78 is 5.74. The van der Waals surface area contributed by atoms with Crippen LogP contribution in [0.4, 0.5) is 0 Å². The molecule has 1 aromatic rings. The van der Waals surface area contributed by atoms with Gasteiger partial charge < -0.3 is 10.1 Å². The molecular formula is C16H23NO2. The maximum atomic E-state index is 12.1. The van der Waals surface area contributed by atoms with Crippen LogP contribution in [-0.2, 0) is 4.79 Å². The minimum atomic E-state index is -0.442. The fourth-order valence-electron chi connectivity index (χ4n) is 2.50. The number of rotatable bonds is 4. The van der Waals surface area contributed by atoms with Gasteiger partial charge in [0, 0.05) is 6.04 Å². The van der Waals surface area contributed by atoms with Crippen LogP contribution in [0.25, 0.3) is 0 Å². The van der Waals surface area contributed by atoms with E-state index in [1.165, 1.54) is 19.3 Å². The number of benzene rings is 1. The van der Waals surface area contributed by atoms with Gasteiger partial charge in [-0.15, -0.1) is 0 Å². The highest BCUT2D eigenvalue weighted by molar-refractivity contribution is 5.81. The van der Waals surface area contributed by atoms with E-state index in [4.69, 9.17) is 4.74 Å². The summed E-state index contributed by atoms with van der Waals surface area (Å²) in [5.74, 6) is 0.781. The Morgan fingerprint density at radius 3 is 2.63 bits per heavy atom. The Morgan fingerprint density at radius 1 is 1.26 bits per heavy atom. The van der Waals surface area contributed by atoms with Crippen molar-refractivity contribution in [2.45, 2.75) is 58.1 Å². The highest BCUT2D eigenvalue weighted by atomic mass is 16.5. The van der Waals surface area contributed by atoms with Crippen molar-refractivity contribution < 1.29 is 9.53 Å². The number of nitrogens with one attached hydrogen (secondary N) is 1. The van der Waals surface area contributed by atoms with Gasteiger partial charge >= 0.3 is 0 Å². The van der Waals surface area contributed by atoms with Crippen molar-refractivity contribution in [3.05, 3.63) is 29.8 Å². The van der Waals surface area contributed by atoms with Crippen LogP contribution in [0.2, 0.25) is 0 Å². The normalized spacial score (nSPS) is 17.8. The molecule has 1 aliphatic carbocycles. The third-order valence-corrected chi connectivity index (χ3v) is 3.72. The first-order valence-electron chi connectivity index (χ1n) is 7.19. The molecule has 1 fully saturated rings. The second-order valence-electron chi connectivity index (χ2n) is 5.37. The summed E-state index contributed by atoms with van der Waals surface area (Å²) in [4.78, 5) is 12.1. The second kappa shape index (κ2) is 6.60. The molecule has 1 saturated carbocycles. The molecule has 1 N–H and O–H groups in total. The molecule has 1 aromatic carbocycles.